The van der Waals surface area contributed by atoms with E-state index in [1.165, 1.54) is 12.4 Å². The minimum atomic E-state index is -0.784. The van der Waals surface area contributed by atoms with Crippen LogP contribution in [-0.4, -0.2) is 21.4 Å². The number of carbonyl (C=O) groups is 1. The monoisotopic (exact) mass is 278 g/mol. The van der Waals surface area contributed by atoms with E-state index in [2.05, 4.69) is 28.3 Å². The molecule has 2 rings (SSSR count). The molecule has 5 nitrogen and oxygen atoms in total. The summed E-state index contributed by atoms with van der Waals surface area (Å²) in [5, 5.41) is 12.3. The van der Waals surface area contributed by atoms with Crippen LogP contribution in [0.3, 0.4) is 0 Å². The molecule has 1 amide bonds. The van der Waals surface area contributed by atoms with E-state index in [1.807, 2.05) is 0 Å². The summed E-state index contributed by atoms with van der Waals surface area (Å²) in [7, 11) is 0. The average molecular weight is 279 g/mol. The second-order valence-corrected chi connectivity index (χ2v) is 5.44. The Hall–Kier alpha value is -1.67. The second-order valence-electron chi connectivity index (χ2n) is 5.06. The van der Waals surface area contributed by atoms with Crippen LogP contribution in [0, 0.1) is 17.2 Å². The van der Waals surface area contributed by atoms with Gasteiger partial charge in [-0.05, 0) is 31.6 Å². The van der Waals surface area contributed by atoms with E-state index in [4.69, 9.17) is 11.6 Å². The predicted molar refractivity (Wildman–Crippen MR) is 70.5 cm³/mol. The van der Waals surface area contributed by atoms with Gasteiger partial charge >= 0.3 is 0 Å². The second kappa shape index (κ2) is 5.54. The fraction of sp³-hybridized carbons (Fsp3) is 0.538. The van der Waals surface area contributed by atoms with Gasteiger partial charge < -0.3 is 5.32 Å². The first-order valence-electron chi connectivity index (χ1n) is 6.26. The third-order valence-electron chi connectivity index (χ3n) is 3.53. The quantitative estimate of drug-likeness (QED) is 0.900. The van der Waals surface area contributed by atoms with Gasteiger partial charge in [0.25, 0.3) is 5.91 Å². The van der Waals surface area contributed by atoms with Gasteiger partial charge in [-0.2, -0.15) is 5.26 Å². The van der Waals surface area contributed by atoms with Crippen molar-refractivity contribution in [3.05, 3.63) is 23.2 Å². The molecule has 0 spiro atoms. The van der Waals surface area contributed by atoms with Gasteiger partial charge in [-0.1, -0.05) is 18.5 Å². The lowest BCUT2D eigenvalue weighted by molar-refractivity contribution is 0.0888. The van der Waals surface area contributed by atoms with Crippen molar-refractivity contribution in [1.82, 2.24) is 15.3 Å². The molecule has 0 atom stereocenters. The lowest BCUT2D eigenvalue weighted by Crippen LogP contribution is -2.49. The van der Waals surface area contributed by atoms with Crippen molar-refractivity contribution in [2.75, 3.05) is 0 Å². The number of hydrogen-bond donors (Lipinski definition) is 1. The Morgan fingerprint density at radius 2 is 2.21 bits per heavy atom. The highest BCUT2D eigenvalue weighted by Gasteiger charge is 2.36. The molecule has 100 valence electrons. The zero-order chi connectivity index (χ0) is 13.9. The molecule has 6 heteroatoms. The molecule has 0 saturated heterocycles. The number of amides is 1. The van der Waals surface area contributed by atoms with Crippen LogP contribution >= 0.6 is 11.6 Å². The molecule has 1 heterocycles. The van der Waals surface area contributed by atoms with Crippen LogP contribution < -0.4 is 5.32 Å². The normalized spacial score (nSPS) is 26.5. The molecule has 1 fully saturated rings. The van der Waals surface area contributed by atoms with E-state index < -0.39 is 11.4 Å². The fourth-order valence-electron chi connectivity index (χ4n) is 2.25. The molecule has 0 aromatic carbocycles. The standard InChI is InChI=1S/C13H15ClN4O/c1-9-2-4-13(8-15,5-3-9)18-12(19)10-6-16-7-11(14)17-10/h6-7,9H,2-5H2,1H3,(H,18,19). The van der Waals surface area contributed by atoms with Crippen LogP contribution in [0.2, 0.25) is 5.15 Å². The lowest BCUT2D eigenvalue weighted by atomic mass is 9.78. The van der Waals surface area contributed by atoms with Gasteiger partial charge in [-0.25, -0.2) is 4.98 Å². The number of halogens is 1. The Kier molecular flexibility index (Phi) is 4.01. The minimum absolute atomic E-state index is 0.140. The number of hydrogen-bond acceptors (Lipinski definition) is 4. The van der Waals surface area contributed by atoms with Gasteiger partial charge in [0.1, 0.15) is 16.4 Å². The van der Waals surface area contributed by atoms with Crippen molar-refractivity contribution in [1.29, 1.82) is 5.26 Å². The molecule has 1 aromatic heterocycles. The average Bonchev–Trinajstić information content (AvgIpc) is 2.42. The van der Waals surface area contributed by atoms with E-state index in [-0.39, 0.29) is 10.8 Å². The molecule has 1 aliphatic rings. The maximum Gasteiger partial charge on any atom is 0.272 e. The topological polar surface area (TPSA) is 78.7 Å². The highest BCUT2D eigenvalue weighted by molar-refractivity contribution is 6.29. The summed E-state index contributed by atoms with van der Waals surface area (Å²) in [4.78, 5) is 19.8. The highest BCUT2D eigenvalue weighted by Crippen LogP contribution is 2.31. The van der Waals surface area contributed by atoms with E-state index >= 15 is 0 Å². The molecule has 0 bridgehead atoms. The zero-order valence-corrected chi connectivity index (χ0v) is 11.4. The molecule has 1 N–H and O–H groups in total. The maximum absolute atomic E-state index is 12.1. The van der Waals surface area contributed by atoms with Crippen LogP contribution in [0.1, 0.15) is 43.1 Å². The largest absolute Gasteiger partial charge is 0.332 e. The van der Waals surface area contributed by atoms with Crippen molar-refractivity contribution >= 4 is 17.5 Å². The van der Waals surface area contributed by atoms with Crippen molar-refractivity contribution in [2.45, 2.75) is 38.1 Å². The summed E-state index contributed by atoms with van der Waals surface area (Å²) < 4.78 is 0. The molecule has 0 unspecified atom stereocenters. The Morgan fingerprint density at radius 3 is 2.79 bits per heavy atom. The maximum atomic E-state index is 12.1. The molecule has 0 aliphatic heterocycles. The molecular weight excluding hydrogens is 264 g/mol. The van der Waals surface area contributed by atoms with E-state index in [1.54, 1.807) is 0 Å². The van der Waals surface area contributed by atoms with Crippen molar-refractivity contribution in [3.63, 3.8) is 0 Å². The number of rotatable bonds is 2. The van der Waals surface area contributed by atoms with Gasteiger partial charge in [0.05, 0.1) is 18.5 Å². The fourth-order valence-corrected chi connectivity index (χ4v) is 2.40. The number of carbonyl (C=O) groups excluding carboxylic acids is 1. The van der Waals surface area contributed by atoms with Crippen LogP contribution in [-0.2, 0) is 0 Å². The number of aromatic nitrogens is 2. The molecule has 0 radical (unpaired) electrons. The number of nitrogens with zero attached hydrogens (tertiary/aromatic N) is 3. The van der Waals surface area contributed by atoms with Crippen LogP contribution in [0.5, 0.6) is 0 Å². The van der Waals surface area contributed by atoms with Gasteiger partial charge in [0.15, 0.2) is 0 Å². The van der Waals surface area contributed by atoms with E-state index in [9.17, 15) is 10.1 Å². The Morgan fingerprint density at radius 1 is 1.53 bits per heavy atom. The molecular formula is C13H15ClN4O. The molecule has 1 saturated carbocycles. The van der Waals surface area contributed by atoms with Gasteiger partial charge in [-0.15, -0.1) is 0 Å². The first kappa shape index (κ1) is 13.8. The smallest absolute Gasteiger partial charge is 0.272 e. The van der Waals surface area contributed by atoms with Crippen molar-refractivity contribution in [2.24, 2.45) is 5.92 Å². The van der Waals surface area contributed by atoms with E-state index in [0.717, 1.165) is 12.8 Å². The van der Waals surface area contributed by atoms with Crippen molar-refractivity contribution < 1.29 is 4.79 Å². The number of nitriles is 1. The minimum Gasteiger partial charge on any atom is -0.332 e. The summed E-state index contributed by atoms with van der Waals surface area (Å²) in [5.41, 5.74) is -0.645. The highest BCUT2D eigenvalue weighted by atomic mass is 35.5. The first-order valence-corrected chi connectivity index (χ1v) is 6.64. The third-order valence-corrected chi connectivity index (χ3v) is 3.71. The van der Waals surface area contributed by atoms with E-state index in [0.29, 0.717) is 18.8 Å². The van der Waals surface area contributed by atoms with Crippen LogP contribution in [0.4, 0.5) is 0 Å². The van der Waals surface area contributed by atoms with Gasteiger partial charge in [0.2, 0.25) is 0 Å². The van der Waals surface area contributed by atoms with Crippen molar-refractivity contribution in [3.8, 4) is 6.07 Å². The number of nitrogens with one attached hydrogen (secondary N) is 1. The summed E-state index contributed by atoms with van der Waals surface area (Å²) >= 11 is 5.70. The lowest BCUT2D eigenvalue weighted by Gasteiger charge is -2.34. The molecule has 1 aliphatic carbocycles. The Bertz CT molecular complexity index is 518. The summed E-state index contributed by atoms with van der Waals surface area (Å²) in [6.07, 6.45) is 5.93. The predicted octanol–water partition coefficient (Wildman–Crippen LogP) is 2.33. The summed E-state index contributed by atoms with van der Waals surface area (Å²) in [6.45, 7) is 2.16. The third kappa shape index (κ3) is 3.21. The summed E-state index contributed by atoms with van der Waals surface area (Å²) in [6, 6.07) is 2.24. The molecule has 19 heavy (non-hydrogen) atoms. The Labute approximate surface area is 117 Å². The first-order chi connectivity index (χ1) is 9.04. The van der Waals surface area contributed by atoms with Gasteiger partial charge in [-0.3, -0.25) is 9.78 Å². The zero-order valence-electron chi connectivity index (χ0n) is 10.7. The van der Waals surface area contributed by atoms with Crippen LogP contribution in [0.25, 0.3) is 0 Å². The van der Waals surface area contributed by atoms with Crippen LogP contribution in [0.15, 0.2) is 12.4 Å². The molecule has 1 aromatic rings. The Balaban J connectivity index is 2.11. The SMILES string of the molecule is CC1CCC(C#N)(NC(=O)c2cncc(Cl)n2)CC1. The van der Waals surface area contributed by atoms with Gasteiger partial charge in [0, 0.05) is 0 Å². The summed E-state index contributed by atoms with van der Waals surface area (Å²) in [5.74, 6) is 0.204.